The van der Waals surface area contributed by atoms with E-state index in [4.69, 9.17) is 11.6 Å². The summed E-state index contributed by atoms with van der Waals surface area (Å²) < 4.78 is 1.91. The smallest absolute Gasteiger partial charge is 0.195 e. The summed E-state index contributed by atoms with van der Waals surface area (Å²) in [4.78, 5) is 16.7. The molecule has 20 heavy (non-hydrogen) atoms. The Labute approximate surface area is 133 Å². The van der Waals surface area contributed by atoms with Crippen LogP contribution in [0.3, 0.4) is 0 Å². The number of halogens is 2. The molecule has 0 aliphatic heterocycles. The first-order valence-electron chi connectivity index (χ1n) is 5.96. The predicted molar refractivity (Wildman–Crippen MR) is 86.8 cm³/mol. The fraction of sp³-hybridized carbons (Fsp3) is 0.0667. The number of aromatic nitrogens is 1. The highest BCUT2D eigenvalue weighted by atomic mass is 79.9. The van der Waals surface area contributed by atoms with E-state index in [9.17, 15) is 4.79 Å². The molecule has 0 bridgehead atoms. The van der Waals surface area contributed by atoms with Gasteiger partial charge < -0.3 is 0 Å². The monoisotopic (exact) mass is 365 g/mol. The van der Waals surface area contributed by atoms with Crippen LogP contribution < -0.4 is 0 Å². The van der Waals surface area contributed by atoms with Gasteiger partial charge in [0.2, 0.25) is 0 Å². The number of para-hydroxylation sites is 1. The Morgan fingerprint density at radius 2 is 2.05 bits per heavy atom. The molecule has 3 rings (SSSR count). The van der Waals surface area contributed by atoms with E-state index in [0.717, 1.165) is 20.3 Å². The Morgan fingerprint density at radius 1 is 1.25 bits per heavy atom. The Hall–Kier alpha value is -1.23. The molecular formula is C15H9BrClNOS. The second-order valence-electron chi connectivity index (χ2n) is 4.32. The SMILES string of the molecule is O=C(Cc1cc(Cl)ccc1Br)c1nc2ccccc2s1. The molecule has 0 atom stereocenters. The molecule has 0 saturated heterocycles. The van der Waals surface area contributed by atoms with Gasteiger partial charge >= 0.3 is 0 Å². The average Bonchev–Trinajstić information content (AvgIpc) is 2.87. The first kappa shape index (κ1) is 13.7. The number of benzene rings is 2. The normalized spacial score (nSPS) is 10.9. The van der Waals surface area contributed by atoms with Crippen LogP contribution in [0, 0.1) is 0 Å². The molecule has 0 N–H and O–H groups in total. The quantitative estimate of drug-likeness (QED) is 0.601. The molecule has 2 nitrogen and oxygen atoms in total. The van der Waals surface area contributed by atoms with Gasteiger partial charge in [0.1, 0.15) is 0 Å². The van der Waals surface area contributed by atoms with Crippen molar-refractivity contribution in [3.63, 3.8) is 0 Å². The molecule has 0 fully saturated rings. The van der Waals surface area contributed by atoms with Gasteiger partial charge in [0.25, 0.3) is 0 Å². The van der Waals surface area contributed by atoms with Crippen molar-refractivity contribution in [2.75, 3.05) is 0 Å². The van der Waals surface area contributed by atoms with E-state index in [0.29, 0.717) is 16.5 Å². The average molecular weight is 367 g/mol. The maximum Gasteiger partial charge on any atom is 0.195 e. The van der Waals surface area contributed by atoms with Crippen molar-refractivity contribution in [1.29, 1.82) is 0 Å². The number of thiazole rings is 1. The highest BCUT2D eigenvalue weighted by Crippen LogP contribution is 2.26. The minimum atomic E-state index is 0.00849. The maximum atomic E-state index is 12.3. The third-order valence-corrected chi connectivity index (χ3v) is 4.98. The third-order valence-electron chi connectivity index (χ3n) is 2.89. The first-order valence-corrected chi connectivity index (χ1v) is 7.95. The summed E-state index contributed by atoms with van der Waals surface area (Å²) in [7, 11) is 0. The van der Waals surface area contributed by atoms with E-state index in [2.05, 4.69) is 20.9 Å². The summed E-state index contributed by atoms with van der Waals surface area (Å²) >= 11 is 10.8. The fourth-order valence-electron chi connectivity index (χ4n) is 1.92. The predicted octanol–water partition coefficient (Wildman–Crippen LogP) is 5.14. The maximum absolute atomic E-state index is 12.3. The fourth-order valence-corrected chi connectivity index (χ4v) is 3.40. The number of Topliss-reactive ketones (excluding diaryl/α,β-unsaturated/α-hetero) is 1. The van der Waals surface area contributed by atoms with E-state index in [1.165, 1.54) is 11.3 Å². The molecular weight excluding hydrogens is 358 g/mol. The van der Waals surface area contributed by atoms with Crippen molar-refractivity contribution in [3.8, 4) is 0 Å². The van der Waals surface area contributed by atoms with Crippen molar-refractivity contribution in [2.24, 2.45) is 0 Å². The van der Waals surface area contributed by atoms with E-state index in [1.54, 1.807) is 12.1 Å². The van der Waals surface area contributed by atoms with Gasteiger partial charge in [-0.25, -0.2) is 4.98 Å². The Bertz CT molecular complexity index is 766. The summed E-state index contributed by atoms with van der Waals surface area (Å²) in [5.74, 6) is 0.00849. The van der Waals surface area contributed by atoms with Crippen molar-refractivity contribution < 1.29 is 4.79 Å². The third kappa shape index (κ3) is 2.77. The molecule has 0 radical (unpaired) electrons. The lowest BCUT2D eigenvalue weighted by atomic mass is 10.1. The minimum absolute atomic E-state index is 0.00849. The number of carbonyl (C=O) groups is 1. The van der Waals surface area contributed by atoms with Gasteiger partial charge in [-0.1, -0.05) is 39.7 Å². The Balaban J connectivity index is 1.90. The molecule has 0 unspecified atom stereocenters. The van der Waals surface area contributed by atoms with E-state index < -0.39 is 0 Å². The summed E-state index contributed by atoms with van der Waals surface area (Å²) in [6, 6.07) is 13.2. The lowest BCUT2D eigenvalue weighted by Gasteiger charge is -2.02. The first-order chi connectivity index (χ1) is 9.63. The van der Waals surface area contributed by atoms with Crippen LogP contribution in [0.1, 0.15) is 15.4 Å². The lowest BCUT2D eigenvalue weighted by molar-refractivity contribution is 0.0992. The molecule has 3 aromatic rings. The van der Waals surface area contributed by atoms with Gasteiger partial charge in [0.15, 0.2) is 10.8 Å². The van der Waals surface area contributed by atoms with Crippen LogP contribution in [0.25, 0.3) is 10.2 Å². The van der Waals surface area contributed by atoms with Gasteiger partial charge in [0.05, 0.1) is 10.2 Å². The highest BCUT2D eigenvalue weighted by Gasteiger charge is 2.14. The van der Waals surface area contributed by atoms with Crippen LogP contribution >= 0.6 is 38.9 Å². The van der Waals surface area contributed by atoms with Crippen LogP contribution in [-0.4, -0.2) is 10.8 Å². The number of carbonyl (C=O) groups excluding carboxylic acids is 1. The molecule has 1 aromatic heterocycles. The standard InChI is InChI=1S/C15H9BrClNOS/c16-11-6-5-10(17)7-9(11)8-13(19)15-18-12-3-1-2-4-14(12)20-15/h1-7H,8H2. The number of hydrogen-bond donors (Lipinski definition) is 0. The zero-order valence-electron chi connectivity index (χ0n) is 10.3. The van der Waals surface area contributed by atoms with E-state index >= 15 is 0 Å². The molecule has 100 valence electrons. The molecule has 2 aromatic carbocycles. The molecule has 0 amide bonds. The number of hydrogen-bond acceptors (Lipinski definition) is 3. The number of nitrogens with zero attached hydrogens (tertiary/aromatic N) is 1. The molecule has 0 aliphatic rings. The largest absolute Gasteiger partial charge is 0.291 e. The summed E-state index contributed by atoms with van der Waals surface area (Å²) in [6.45, 7) is 0. The van der Waals surface area contributed by atoms with Gasteiger partial charge in [-0.15, -0.1) is 11.3 Å². The molecule has 0 aliphatic carbocycles. The minimum Gasteiger partial charge on any atom is -0.291 e. The second kappa shape index (κ2) is 5.64. The van der Waals surface area contributed by atoms with Crippen LogP contribution in [0.15, 0.2) is 46.9 Å². The molecule has 1 heterocycles. The van der Waals surface area contributed by atoms with E-state index in [1.807, 2.05) is 30.3 Å². The second-order valence-corrected chi connectivity index (χ2v) is 6.64. The van der Waals surface area contributed by atoms with Gasteiger partial charge in [-0.05, 0) is 35.9 Å². The zero-order chi connectivity index (χ0) is 14.1. The van der Waals surface area contributed by atoms with Gasteiger partial charge in [-0.2, -0.15) is 0 Å². The van der Waals surface area contributed by atoms with Crippen molar-refractivity contribution in [2.45, 2.75) is 6.42 Å². The van der Waals surface area contributed by atoms with Crippen molar-refractivity contribution >= 4 is 54.9 Å². The summed E-state index contributed by atoms with van der Waals surface area (Å²) in [6.07, 6.45) is 0.293. The van der Waals surface area contributed by atoms with Gasteiger partial charge in [0, 0.05) is 15.9 Å². The number of ketones is 1. The van der Waals surface area contributed by atoms with Crippen LogP contribution in [0.2, 0.25) is 5.02 Å². The summed E-state index contributed by atoms with van der Waals surface area (Å²) in [5, 5.41) is 1.17. The van der Waals surface area contributed by atoms with Crippen molar-refractivity contribution in [1.82, 2.24) is 4.98 Å². The topological polar surface area (TPSA) is 30.0 Å². The van der Waals surface area contributed by atoms with Crippen molar-refractivity contribution in [3.05, 3.63) is 62.5 Å². The lowest BCUT2D eigenvalue weighted by Crippen LogP contribution is -2.03. The highest BCUT2D eigenvalue weighted by molar-refractivity contribution is 9.10. The van der Waals surface area contributed by atoms with Crippen LogP contribution in [0.4, 0.5) is 0 Å². The molecule has 5 heteroatoms. The summed E-state index contributed by atoms with van der Waals surface area (Å²) in [5.41, 5.74) is 1.74. The molecule has 0 spiro atoms. The molecule has 0 saturated carbocycles. The Morgan fingerprint density at radius 3 is 2.85 bits per heavy atom. The Kier molecular flexibility index (Phi) is 3.87. The zero-order valence-corrected chi connectivity index (χ0v) is 13.4. The number of fused-ring (bicyclic) bond motifs is 1. The number of rotatable bonds is 3. The van der Waals surface area contributed by atoms with Crippen LogP contribution in [0.5, 0.6) is 0 Å². The van der Waals surface area contributed by atoms with E-state index in [-0.39, 0.29) is 5.78 Å². The van der Waals surface area contributed by atoms with Crippen LogP contribution in [-0.2, 0) is 6.42 Å². The van der Waals surface area contributed by atoms with Gasteiger partial charge in [-0.3, -0.25) is 4.79 Å².